The fourth-order valence-corrected chi connectivity index (χ4v) is 2.22. The number of hydrogen-bond acceptors (Lipinski definition) is 5. The molecule has 0 bridgehead atoms. The lowest BCUT2D eigenvalue weighted by atomic mass is 10.2. The molecule has 0 saturated heterocycles. The average Bonchev–Trinajstić information content (AvgIpc) is 2.49. The number of esters is 1. The number of hydrogen-bond donors (Lipinski definition) is 0. The van der Waals surface area contributed by atoms with Gasteiger partial charge in [0.2, 0.25) is 0 Å². The zero-order valence-electron chi connectivity index (χ0n) is 10.8. The summed E-state index contributed by atoms with van der Waals surface area (Å²) in [5.74, 6) is -1.03. The fraction of sp³-hybridized carbons (Fsp3) is 0. The molecule has 0 spiro atoms. The van der Waals surface area contributed by atoms with E-state index in [0.29, 0.717) is 6.29 Å². The van der Waals surface area contributed by atoms with Crippen molar-refractivity contribution in [3.63, 3.8) is 0 Å². The third-order valence-corrected chi connectivity index (χ3v) is 3.15. The van der Waals surface area contributed by atoms with Crippen molar-refractivity contribution in [1.29, 1.82) is 0 Å². The van der Waals surface area contributed by atoms with E-state index in [9.17, 15) is 19.7 Å². The van der Waals surface area contributed by atoms with Crippen LogP contribution in [0.3, 0.4) is 0 Å². The van der Waals surface area contributed by atoms with E-state index in [1.54, 1.807) is 0 Å². The molecule has 112 valence electrons. The summed E-state index contributed by atoms with van der Waals surface area (Å²) in [6, 6.07) is 7.59. The van der Waals surface area contributed by atoms with Gasteiger partial charge in [-0.05, 0) is 18.2 Å². The fourth-order valence-electron chi connectivity index (χ4n) is 1.67. The molecule has 2 aromatic carbocycles. The lowest BCUT2D eigenvalue weighted by Gasteiger charge is -2.09. The van der Waals surface area contributed by atoms with Crippen LogP contribution < -0.4 is 4.74 Å². The van der Waals surface area contributed by atoms with Crippen LogP contribution in [0.4, 0.5) is 5.69 Å². The Morgan fingerprint density at radius 2 is 1.95 bits per heavy atom. The standard InChI is InChI=1S/C14H7Cl2NO5/c15-10-4-9(7-18)13(12(16)6-10)22-14(19)8-2-1-3-11(5-8)17(20)21/h1-7H. The van der Waals surface area contributed by atoms with E-state index in [1.807, 2.05) is 0 Å². The van der Waals surface area contributed by atoms with E-state index in [0.717, 1.165) is 6.07 Å². The van der Waals surface area contributed by atoms with E-state index in [-0.39, 0.29) is 32.6 Å². The van der Waals surface area contributed by atoms with E-state index in [1.165, 1.54) is 30.3 Å². The van der Waals surface area contributed by atoms with Crippen molar-refractivity contribution in [3.8, 4) is 5.75 Å². The zero-order chi connectivity index (χ0) is 16.3. The number of carbonyl (C=O) groups excluding carboxylic acids is 2. The molecule has 8 heteroatoms. The summed E-state index contributed by atoms with van der Waals surface area (Å²) < 4.78 is 5.06. The maximum absolute atomic E-state index is 12.0. The molecular weight excluding hydrogens is 333 g/mol. The Labute approximate surface area is 134 Å². The Hall–Kier alpha value is -2.44. The number of ether oxygens (including phenoxy) is 1. The van der Waals surface area contributed by atoms with Crippen LogP contribution in [0, 0.1) is 10.1 Å². The van der Waals surface area contributed by atoms with Crippen molar-refractivity contribution in [2.75, 3.05) is 0 Å². The van der Waals surface area contributed by atoms with Crippen LogP contribution in [0.25, 0.3) is 0 Å². The van der Waals surface area contributed by atoms with Gasteiger partial charge < -0.3 is 4.74 Å². The van der Waals surface area contributed by atoms with Crippen LogP contribution >= 0.6 is 23.2 Å². The van der Waals surface area contributed by atoms with Crippen molar-refractivity contribution in [2.24, 2.45) is 0 Å². The van der Waals surface area contributed by atoms with Gasteiger partial charge >= 0.3 is 5.97 Å². The predicted octanol–water partition coefficient (Wildman–Crippen LogP) is 3.93. The molecule has 0 saturated carbocycles. The van der Waals surface area contributed by atoms with Crippen molar-refractivity contribution >= 4 is 41.1 Å². The maximum Gasteiger partial charge on any atom is 0.343 e. The molecule has 22 heavy (non-hydrogen) atoms. The molecule has 0 aromatic heterocycles. The molecule has 2 aromatic rings. The van der Waals surface area contributed by atoms with Crippen LogP contribution in [0.1, 0.15) is 20.7 Å². The minimum absolute atomic E-state index is 0.00344. The van der Waals surface area contributed by atoms with Gasteiger partial charge in [0.15, 0.2) is 12.0 Å². The molecule has 0 N–H and O–H groups in total. The number of carbonyl (C=O) groups is 2. The van der Waals surface area contributed by atoms with E-state index >= 15 is 0 Å². The Bertz CT molecular complexity index is 776. The molecule has 0 aliphatic rings. The minimum atomic E-state index is -0.879. The second-order valence-corrected chi connectivity index (χ2v) is 4.96. The van der Waals surface area contributed by atoms with Gasteiger partial charge in [0.25, 0.3) is 5.69 Å². The smallest absolute Gasteiger partial charge is 0.343 e. The molecule has 0 atom stereocenters. The van der Waals surface area contributed by atoms with E-state index < -0.39 is 10.9 Å². The van der Waals surface area contributed by atoms with Crippen molar-refractivity contribution in [2.45, 2.75) is 0 Å². The molecular formula is C14H7Cl2NO5. The number of halogens is 2. The highest BCUT2D eigenvalue weighted by molar-refractivity contribution is 6.36. The summed E-state index contributed by atoms with van der Waals surface area (Å²) in [6.07, 6.45) is 0.438. The second kappa shape index (κ2) is 6.55. The van der Waals surface area contributed by atoms with Gasteiger partial charge in [0.05, 0.1) is 21.1 Å². The van der Waals surface area contributed by atoms with Crippen LogP contribution in [0.2, 0.25) is 10.0 Å². The summed E-state index contributed by atoms with van der Waals surface area (Å²) in [5, 5.41) is 10.9. The summed E-state index contributed by atoms with van der Waals surface area (Å²) in [4.78, 5) is 33.1. The third-order valence-electron chi connectivity index (χ3n) is 2.65. The zero-order valence-corrected chi connectivity index (χ0v) is 12.3. The topological polar surface area (TPSA) is 86.5 Å². The normalized spacial score (nSPS) is 10.1. The molecule has 2 rings (SSSR count). The van der Waals surface area contributed by atoms with Gasteiger partial charge in [-0.15, -0.1) is 0 Å². The van der Waals surface area contributed by atoms with Gasteiger partial charge in [0, 0.05) is 17.2 Å². The van der Waals surface area contributed by atoms with Gasteiger partial charge in [-0.3, -0.25) is 14.9 Å². The highest BCUT2D eigenvalue weighted by Crippen LogP contribution is 2.32. The summed E-state index contributed by atoms with van der Waals surface area (Å²) in [5.41, 5.74) is -0.305. The summed E-state index contributed by atoms with van der Waals surface area (Å²) in [7, 11) is 0. The molecule has 0 aliphatic heterocycles. The van der Waals surface area contributed by atoms with E-state index in [2.05, 4.69) is 0 Å². The second-order valence-electron chi connectivity index (χ2n) is 4.12. The van der Waals surface area contributed by atoms with Gasteiger partial charge in [-0.25, -0.2) is 4.79 Å². The monoisotopic (exact) mass is 339 g/mol. The quantitative estimate of drug-likeness (QED) is 0.277. The van der Waals surface area contributed by atoms with Gasteiger partial charge in [-0.2, -0.15) is 0 Å². The van der Waals surface area contributed by atoms with Crippen LogP contribution in [0.5, 0.6) is 5.75 Å². The summed E-state index contributed by atoms with van der Waals surface area (Å²) in [6.45, 7) is 0. The molecule has 0 unspecified atom stereocenters. The van der Waals surface area contributed by atoms with Crippen LogP contribution in [0.15, 0.2) is 36.4 Å². The average molecular weight is 340 g/mol. The largest absolute Gasteiger partial charge is 0.421 e. The number of nitro benzene ring substituents is 1. The first-order valence-corrected chi connectivity index (χ1v) is 6.59. The number of nitro groups is 1. The number of nitrogens with zero attached hydrogens (tertiary/aromatic N) is 1. The molecule has 0 amide bonds. The summed E-state index contributed by atoms with van der Waals surface area (Å²) >= 11 is 11.6. The molecule has 0 radical (unpaired) electrons. The highest BCUT2D eigenvalue weighted by atomic mass is 35.5. The maximum atomic E-state index is 12.0. The molecule has 0 heterocycles. The SMILES string of the molecule is O=Cc1cc(Cl)cc(Cl)c1OC(=O)c1cccc([N+](=O)[O-])c1. The van der Waals surface area contributed by atoms with Crippen LogP contribution in [-0.4, -0.2) is 17.2 Å². The Balaban J connectivity index is 2.35. The Morgan fingerprint density at radius 3 is 2.59 bits per heavy atom. The molecule has 6 nitrogen and oxygen atoms in total. The van der Waals surface area contributed by atoms with Crippen molar-refractivity contribution in [3.05, 3.63) is 67.7 Å². The highest BCUT2D eigenvalue weighted by Gasteiger charge is 2.18. The van der Waals surface area contributed by atoms with E-state index in [4.69, 9.17) is 27.9 Å². The van der Waals surface area contributed by atoms with Crippen molar-refractivity contribution < 1.29 is 19.2 Å². The number of benzene rings is 2. The predicted molar refractivity (Wildman–Crippen MR) is 79.9 cm³/mol. The lowest BCUT2D eigenvalue weighted by molar-refractivity contribution is -0.384. The molecule has 0 aliphatic carbocycles. The first-order valence-electron chi connectivity index (χ1n) is 5.83. The third kappa shape index (κ3) is 3.41. The Morgan fingerprint density at radius 1 is 1.23 bits per heavy atom. The van der Waals surface area contributed by atoms with Gasteiger partial charge in [0.1, 0.15) is 0 Å². The first-order chi connectivity index (χ1) is 10.4. The van der Waals surface area contributed by atoms with Crippen molar-refractivity contribution in [1.82, 2.24) is 0 Å². The first kappa shape index (κ1) is 15.9. The van der Waals surface area contributed by atoms with Gasteiger partial charge in [-0.1, -0.05) is 29.3 Å². The number of rotatable bonds is 4. The minimum Gasteiger partial charge on any atom is -0.421 e. The number of aldehydes is 1. The molecule has 0 fully saturated rings. The lowest BCUT2D eigenvalue weighted by Crippen LogP contribution is -2.10. The number of non-ortho nitro benzene ring substituents is 1. The van der Waals surface area contributed by atoms with Crippen LogP contribution in [-0.2, 0) is 0 Å². The Kier molecular flexibility index (Phi) is 4.75.